The van der Waals surface area contributed by atoms with Crippen molar-refractivity contribution in [2.75, 3.05) is 12.9 Å². The predicted octanol–water partition coefficient (Wildman–Crippen LogP) is 2.64. The van der Waals surface area contributed by atoms with E-state index in [9.17, 15) is 22.8 Å². The smallest absolute Gasteiger partial charge is 0.340 e. The molecule has 9 heteroatoms. The van der Waals surface area contributed by atoms with Gasteiger partial charge in [0.25, 0.3) is 0 Å². The molecule has 0 amide bonds. The molecule has 156 valence electrons. The molecule has 2 rings (SSSR count). The zero-order valence-corrected chi connectivity index (χ0v) is 17.7. The fraction of sp³-hybridized carbons (Fsp3) is 0.350. The van der Waals surface area contributed by atoms with Gasteiger partial charge in [0, 0.05) is 11.9 Å². The average Bonchev–Trinajstić information content (AvgIpc) is 2.94. The quantitative estimate of drug-likeness (QED) is 0.539. The Labute approximate surface area is 169 Å². The number of carbonyl (C=O) groups is 3. The van der Waals surface area contributed by atoms with Crippen molar-refractivity contribution in [1.29, 1.82) is 0 Å². The van der Waals surface area contributed by atoms with Crippen LogP contribution < -0.4 is 0 Å². The summed E-state index contributed by atoms with van der Waals surface area (Å²) in [5.41, 5.74) is 1.47. The van der Waals surface area contributed by atoms with Gasteiger partial charge in [-0.25, -0.2) is 18.0 Å². The Morgan fingerprint density at radius 3 is 2.17 bits per heavy atom. The summed E-state index contributed by atoms with van der Waals surface area (Å²) in [4.78, 5) is 40.0. The van der Waals surface area contributed by atoms with E-state index >= 15 is 0 Å². The standard InChI is InChI=1S/C20H23NO7S/c1-6-27-20(24)16-11(2)17(21-12(16)3)18(22)13(4)28-19(23)14-7-9-15(10-8-14)29(5,25)26/h7-10,13,21H,6H2,1-5H3. The third-order valence-corrected chi connectivity index (χ3v) is 5.46. The molecule has 0 spiro atoms. The molecule has 2 aromatic rings. The number of aryl methyl sites for hydroxylation is 1. The van der Waals surface area contributed by atoms with E-state index in [0.29, 0.717) is 11.3 Å². The van der Waals surface area contributed by atoms with Gasteiger partial charge in [-0.05, 0) is 57.5 Å². The van der Waals surface area contributed by atoms with Crippen molar-refractivity contribution in [1.82, 2.24) is 4.98 Å². The minimum atomic E-state index is -3.38. The van der Waals surface area contributed by atoms with Gasteiger partial charge >= 0.3 is 11.9 Å². The summed E-state index contributed by atoms with van der Waals surface area (Å²) in [6.07, 6.45) is -0.0596. The number of aromatic amines is 1. The number of carbonyl (C=O) groups excluding carboxylic acids is 3. The molecule has 0 aliphatic carbocycles. The zero-order valence-electron chi connectivity index (χ0n) is 16.9. The first-order valence-electron chi connectivity index (χ1n) is 8.89. The summed E-state index contributed by atoms with van der Waals surface area (Å²) in [7, 11) is -3.38. The molecule has 0 aliphatic rings. The van der Waals surface area contributed by atoms with Crippen LogP contribution in [0.3, 0.4) is 0 Å². The Kier molecular flexibility index (Phi) is 6.63. The van der Waals surface area contributed by atoms with Gasteiger partial charge in [0.2, 0.25) is 5.78 Å². The number of aromatic nitrogens is 1. The largest absolute Gasteiger partial charge is 0.462 e. The SMILES string of the molecule is CCOC(=O)c1c(C)[nH]c(C(=O)C(C)OC(=O)c2ccc(S(C)(=O)=O)cc2)c1C. The monoisotopic (exact) mass is 421 g/mol. The van der Waals surface area contributed by atoms with Crippen LogP contribution >= 0.6 is 0 Å². The Balaban J connectivity index is 2.18. The molecule has 0 bridgehead atoms. The number of nitrogens with one attached hydrogen (secondary N) is 1. The summed E-state index contributed by atoms with van der Waals surface area (Å²) in [5, 5.41) is 0. The van der Waals surface area contributed by atoms with Crippen LogP contribution in [0.25, 0.3) is 0 Å². The van der Waals surface area contributed by atoms with E-state index in [2.05, 4.69) is 4.98 Å². The first kappa shape index (κ1) is 22.4. The van der Waals surface area contributed by atoms with Crippen molar-refractivity contribution in [2.24, 2.45) is 0 Å². The average molecular weight is 421 g/mol. The third-order valence-electron chi connectivity index (χ3n) is 4.33. The van der Waals surface area contributed by atoms with Crippen LogP contribution in [0.5, 0.6) is 0 Å². The summed E-state index contributed by atoms with van der Waals surface area (Å²) in [6, 6.07) is 5.22. The van der Waals surface area contributed by atoms with Gasteiger partial charge in [-0.1, -0.05) is 0 Å². The lowest BCUT2D eigenvalue weighted by atomic mass is 10.1. The van der Waals surface area contributed by atoms with E-state index in [1.165, 1.54) is 31.2 Å². The van der Waals surface area contributed by atoms with Crippen LogP contribution in [0.1, 0.15) is 56.3 Å². The summed E-state index contributed by atoms with van der Waals surface area (Å²) in [5.74, 6) is -1.80. The lowest BCUT2D eigenvalue weighted by molar-refractivity contribution is 0.0316. The fourth-order valence-corrected chi connectivity index (χ4v) is 3.46. The molecule has 8 nitrogen and oxygen atoms in total. The lowest BCUT2D eigenvalue weighted by Gasteiger charge is -2.12. The Hall–Kier alpha value is -2.94. The molecule has 0 aliphatic heterocycles. The molecule has 1 aromatic carbocycles. The van der Waals surface area contributed by atoms with E-state index in [1.807, 2.05) is 0 Å². The second-order valence-electron chi connectivity index (χ2n) is 6.55. The lowest BCUT2D eigenvalue weighted by Crippen LogP contribution is -2.25. The molecule has 0 saturated heterocycles. The number of rotatable bonds is 7. The molecule has 29 heavy (non-hydrogen) atoms. The van der Waals surface area contributed by atoms with E-state index in [0.717, 1.165) is 6.26 Å². The van der Waals surface area contributed by atoms with E-state index < -0.39 is 33.7 Å². The number of hydrogen-bond donors (Lipinski definition) is 1. The van der Waals surface area contributed by atoms with Crippen LogP contribution in [0.15, 0.2) is 29.2 Å². The maximum Gasteiger partial charge on any atom is 0.340 e. The number of benzene rings is 1. The molecular formula is C20H23NO7S. The molecule has 1 atom stereocenters. The van der Waals surface area contributed by atoms with Gasteiger partial charge in [-0.15, -0.1) is 0 Å². The summed E-state index contributed by atoms with van der Waals surface area (Å²) >= 11 is 0. The number of hydrogen-bond acceptors (Lipinski definition) is 7. The molecule has 0 fully saturated rings. The predicted molar refractivity (Wildman–Crippen MR) is 105 cm³/mol. The molecule has 0 saturated carbocycles. The van der Waals surface area contributed by atoms with Gasteiger partial charge in [0.15, 0.2) is 15.9 Å². The molecule has 1 N–H and O–H groups in total. The zero-order chi connectivity index (χ0) is 21.9. The van der Waals surface area contributed by atoms with Crippen molar-refractivity contribution < 1.29 is 32.3 Å². The highest BCUT2D eigenvalue weighted by Gasteiger charge is 2.27. The normalized spacial score (nSPS) is 12.3. The number of sulfone groups is 1. The van der Waals surface area contributed by atoms with E-state index in [-0.39, 0.29) is 28.3 Å². The van der Waals surface area contributed by atoms with Crippen LogP contribution in [-0.4, -0.2) is 50.1 Å². The van der Waals surface area contributed by atoms with Crippen molar-refractivity contribution in [2.45, 2.75) is 38.7 Å². The Morgan fingerprint density at radius 2 is 1.66 bits per heavy atom. The number of Topliss-reactive ketones (excluding diaryl/α,β-unsaturated/α-hetero) is 1. The van der Waals surface area contributed by atoms with Crippen molar-refractivity contribution in [3.05, 3.63) is 52.3 Å². The van der Waals surface area contributed by atoms with Gasteiger partial charge in [0.05, 0.1) is 28.3 Å². The van der Waals surface area contributed by atoms with Crippen LogP contribution in [0.2, 0.25) is 0 Å². The molecular weight excluding hydrogens is 398 g/mol. The summed E-state index contributed by atoms with van der Waals surface area (Å²) < 4.78 is 33.2. The number of H-pyrrole nitrogens is 1. The Bertz CT molecular complexity index is 1050. The second-order valence-corrected chi connectivity index (χ2v) is 8.57. The summed E-state index contributed by atoms with van der Waals surface area (Å²) in [6.45, 7) is 6.58. The van der Waals surface area contributed by atoms with Gasteiger partial charge in [-0.3, -0.25) is 4.79 Å². The maximum absolute atomic E-state index is 12.7. The maximum atomic E-state index is 12.7. The molecule has 0 radical (unpaired) electrons. The molecule has 1 unspecified atom stereocenters. The van der Waals surface area contributed by atoms with Gasteiger partial charge in [0.1, 0.15) is 0 Å². The third kappa shape index (κ3) is 4.92. The highest BCUT2D eigenvalue weighted by atomic mass is 32.2. The minimum absolute atomic E-state index is 0.0714. The van der Waals surface area contributed by atoms with Crippen LogP contribution in [0, 0.1) is 13.8 Å². The second kappa shape index (κ2) is 8.60. The Morgan fingerprint density at radius 1 is 1.07 bits per heavy atom. The first-order chi connectivity index (χ1) is 13.5. The van der Waals surface area contributed by atoms with Crippen molar-refractivity contribution in [3.8, 4) is 0 Å². The molecule has 1 aromatic heterocycles. The number of esters is 2. The van der Waals surface area contributed by atoms with Crippen LogP contribution in [-0.2, 0) is 19.3 Å². The minimum Gasteiger partial charge on any atom is -0.462 e. The number of ether oxygens (including phenoxy) is 2. The highest BCUT2D eigenvalue weighted by molar-refractivity contribution is 7.90. The molecule has 1 heterocycles. The highest BCUT2D eigenvalue weighted by Crippen LogP contribution is 2.21. The van der Waals surface area contributed by atoms with Crippen LogP contribution in [0.4, 0.5) is 0 Å². The topological polar surface area (TPSA) is 120 Å². The van der Waals surface area contributed by atoms with Crippen molar-refractivity contribution in [3.63, 3.8) is 0 Å². The number of ketones is 1. The van der Waals surface area contributed by atoms with E-state index in [4.69, 9.17) is 9.47 Å². The fourth-order valence-electron chi connectivity index (χ4n) is 2.83. The van der Waals surface area contributed by atoms with Gasteiger partial charge < -0.3 is 14.5 Å². The first-order valence-corrected chi connectivity index (χ1v) is 10.8. The van der Waals surface area contributed by atoms with Crippen molar-refractivity contribution >= 4 is 27.6 Å². The van der Waals surface area contributed by atoms with Gasteiger partial charge in [-0.2, -0.15) is 0 Å². The van der Waals surface area contributed by atoms with E-state index in [1.54, 1.807) is 20.8 Å².